The highest BCUT2D eigenvalue weighted by Gasteiger charge is 2.28. The Hall–Kier alpha value is -2.55. The van der Waals surface area contributed by atoms with E-state index >= 15 is 0 Å². The van der Waals surface area contributed by atoms with Gasteiger partial charge in [0.15, 0.2) is 11.6 Å². The van der Waals surface area contributed by atoms with E-state index in [0.29, 0.717) is 12.1 Å². The molecule has 0 unspecified atom stereocenters. The molecule has 0 radical (unpaired) electrons. The molecule has 2 N–H and O–H groups in total. The van der Waals surface area contributed by atoms with Crippen molar-refractivity contribution < 1.29 is 26.4 Å². The van der Waals surface area contributed by atoms with Crippen molar-refractivity contribution in [2.24, 2.45) is 0 Å². The molecule has 0 fully saturated rings. The first kappa shape index (κ1) is 19.8. The average molecular weight is 386 g/mol. The van der Waals surface area contributed by atoms with Crippen LogP contribution in [0.3, 0.4) is 0 Å². The number of amides is 1. The molecule has 140 valence electrons. The number of nitrogens with one attached hydrogen (secondary N) is 2. The number of halogens is 3. The van der Waals surface area contributed by atoms with Crippen LogP contribution < -0.4 is 10.0 Å². The molecule has 0 bridgehead atoms. The van der Waals surface area contributed by atoms with E-state index < -0.39 is 43.8 Å². The van der Waals surface area contributed by atoms with Crippen molar-refractivity contribution in [1.29, 1.82) is 0 Å². The lowest BCUT2D eigenvalue weighted by Crippen LogP contribution is -2.33. The Kier molecular flexibility index (Phi) is 5.31. The predicted octanol–water partition coefficient (Wildman–Crippen LogP) is 3.90. The first-order valence-corrected chi connectivity index (χ1v) is 8.97. The van der Waals surface area contributed by atoms with Crippen LogP contribution >= 0.6 is 0 Å². The molecule has 0 atom stereocenters. The molecule has 5 nitrogen and oxygen atoms in total. The van der Waals surface area contributed by atoms with Gasteiger partial charge in [0.25, 0.3) is 5.91 Å². The monoisotopic (exact) mass is 386 g/mol. The highest BCUT2D eigenvalue weighted by molar-refractivity contribution is 7.94. The van der Waals surface area contributed by atoms with Gasteiger partial charge in [0.05, 0.1) is 4.75 Å². The number of hydrogen-bond donors (Lipinski definition) is 2. The minimum Gasteiger partial charge on any atom is -0.317 e. The normalized spacial score (nSPS) is 11.9. The Bertz CT molecular complexity index is 914. The SMILES string of the molecule is CC(C)(C)S(=O)(=O)Nc1ccc(C(=O)Nc2c(F)cc(F)cc2F)cc1. The third-order valence-electron chi connectivity index (χ3n) is 3.45. The molecule has 0 aromatic heterocycles. The summed E-state index contributed by atoms with van der Waals surface area (Å²) in [4.78, 5) is 12.1. The van der Waals surface area contributed by atoms with Crippen LogP contribution in [0.2, 0.25) is 0 Å². The largest absolute Gasteiger partial charge is 0.317 e. The molecular weight excluding hydrogens is 369 g/mol. The lowest BCUT2D eigenvalue weighted by atomic mass is 10.2. The van der Waals surface area contributed by atoms with Crippen LogP contribution in [0.15, 0.2) is 36.4 Å². The van der Waals surface area contributed by atoms with Gasteiger partial charge in [-0.05, 0) is 45.0 Å². The molecule has 0 aliphatic rings. The van der Waals surface area contributed by atoms with Gasteiger partial charge in [0.2, 0.25) is 10.0 Å². The maximum Gasteiger partial charge on any atom is 0.255 e. The number of sulfonamides is 1. The van der Waals surface area contributed by atoms with Crippen LogP contribution in [0.5, 0.6) is 0 Å². The second-order valence-corrected chi connectivity index (χ2v) is 8.93. The molecule has 0 aliphatic heterocycles. The molecule has 0 saturated heterocycles. The third kappa shape index (κ3) is 4.34. The number of rotatable bonds is 4. The molecule has 2 rings (SSSR count). The van der Waals surface area contributed by atoms with Gasteiger partial charge in [0.1, 0.15) is 11.5 Å². The summed E-state index contributed by atoms with van der Waals surface area (Å²) >= 11 is 0. The topological polar surface area (TPSA) is 75.3 Å². The lowest BCUT2D eigenvalue weighted by Gasteiger charge is -2.20. The summed E-state index contributed by atoms with van der Waals surface area (Å²) in [6.45, 7) is 4.59. The van der Waals surface area contributed by atoms with Crippen LogP contribution in [0.1, 0.15) is 31.1 Å². The van der Waals surface area contributed by atoms with Gasteiger partial charge >= 0.3 is 0 Å². The van der Waals surface area contributed by atoms with E-state index in [2.05, 4.69) is 4.72 Å². The van der Waals surface area contributed by atoms with Crippen molar-refractivity contribution in [3.8, 4) is 0 Å². The van der Waals surface area contributed by atoms with Crippen LogP contribution in [-0.4, -0.2) is 19.1 Å². The molecule has 2 aromatic carbocycles. The lowest BCUT2D eigenvalue weighted by molar-refractivity contribution is 0.102. The summed E-state index contributed by atoms with van der Waals surface area (Å²) in [5.41, 5.74) is -0.503. The third-order valence-corrected chi connectivity index (χ3v) is 5.57. The summed E-state index contributed by atoms with van der Waals surface area (Å²) in [6, 6.07) is 6.15. The van der Waals surface area contributed by atoms with Gasteiger partial charge in [-0.3, -0.25) is 9.52 Å². The van der Waals surface area contributed by atoms with Gasteiger partial charge in [-0.2, -0.15) is 0 Å². The zero-order chi connectivity index (χ0) is 19.7. The molecule has 0 spiro atoms. The number of hydrogen-bond acceptors (Lipinski definition) is 3. The Morgan fingerprint density at radius 1 is 0.962 bits per heavy atom. The van der Waals surface area contributed by atoms with Crippen molar-refractivity contribution in [1.82, 2.24) is 0 Å². The number of carbonyl (C=O) groups is 1. The maximum atomic E-state index is 13.6. The standard InChI is InChI=1S/C17H17F3N2O3S/c1-17(2,3)26(24,25)22-12-6-4-10(5-7-12)16(23)21-15-13(19)8-11(18)9-14(15)20/h4-9,22H,1-3H3,(H,21,23). The first-order valence-electron chi connectivity index (χ1n) is 7.49. The van der Waals surface area contributed by atoms with Crippen LogP contribution in [0, 0.1) is 17.5 Å². The van der Waals surface area contributed by atoms with Gasteiger partial charge in [-0.15, -0.1) is 0 Å². The van der Waals surface area contributed by atoms with E-state index in [1.54, 1.807) is 0 Å². The Balaban J connectivity index is 2.18. The molecule has 0 heterocycles. The Morgan fingerprint density at radius 2 is 1.46 bits per heavy atom. The van der Waals surface area contributed by atoms with Crippen molar-refractivity contribution in [2.45, 2.75) is 25.5 Å². The molecule has 1 amide bonds. The molecular formula is C17H17F3N2O3S. The van der Waals surface area contributed by atoms with Crippen LogP contribution in [-0.2, 0) is 10.0 Å². The first-order chi connectivity index (χ1) is 11.9. The highest BCUT2D eigenvalue weighted by atomic mass is 32.2. The van der Waals surface area contributed by atoms with Gasteiger partial charge < -0.3 is 5.32 Å². The molecule has 0 saturated carbocycles. The summed E-state index contributed by atoms with van der Waals surface area (Å²) < 4.78 is 65.5. The molecule has 9 heteroatoms. The molecule has 2 aromatic rings. The zero-order valence-corrected chi connectivity index (χ0v) is 15.0. The van der Waals surface area contributed by atoms with E-state index in [-0.39, 0.29) is 11.3 Å². The fourth-order valence-corrected chi connectivity index (χ4v) is 2.60. The predicted molar refractivity (Wildman–Crippen MR) is 93.0 cm³/mol. The number of carbonyl (C=O) groups excluding carboxylic acids is 1. The van der Waals surface area contributed by atoms with Crippen molar-refractivity contribution in [3.05, 3.63) is 59.4 Å². The van der Waals surface area contributed by atoms with Crippen LogP contribution in [0.4, 0.5) is 24.5 Å². The van der Waals surface area contributed by atoms with Crippen molar-refractivity contribution in [3.63, 3.8) is 0 Å². The maximum absolute atomic E-state index is 13.6. The fourth-order valence-electron chi connectivity index (χ4n) is 1.85. The highest BCUT2D eigenvalue weighted by Crippen LogP contribution is 2.22. The quantitative estimate of drug-likeness (QED) is 0.837. The van der Waals surface area contributed by atoms with Gasteiger partial charge in [0, 0.05) is 23.4 Å². The number of benzene rings is 2. The summed E-state index contributed by atoms with van der Waals surface area (Å²) in [7, 11) is -3.63. The summed E-state index contributed by atoms with van der Waals surface area (Å²) in [5, 5.41) is 2.02. The minimum absolute atomic E-state index is 0.0341. The Morgan fingerprint density at radius 3 is 1.92 bits per heavy atom. The van der Waals surface area contributed by atoms with E-state index in [0.717, 1.165) is 0 Å². The van der Waals surface area contributed by atoms with Crippen molar-refractivity contribution in [2.75, 3.05) is 10.0 Å². The Labute approximate surface area is 149 Å². The van der Waals surface area contributed by atoms with E-state index in [9.17, 15) is 26.4 Å². The summed E-state index contributed by atoms with van der Waals surface area (Å²) in [6.07, 6.45) is 0. The van der Waals surface area contributed by atoms with Crippen LogP contribution in [0.25, 0.3) is 0 Å². The van der Waals surface area contributed by atoms with Gasteiger partial charge in [-0.25, -0.2) is 21.6 Å². The molecule has 0 aliphatic carbocycles. The van der Waals surface area contributed by atoms with Gasteiger partial charge in [-0.1, -0.05) is 0 Å². The smallest absolute Gasteiger partial charge is 0.255 e. The summed E-state index contributed by atoms with van der Waals surface area (Å²) in [5.74, 6) is -4.43. The van der Waals surface area contributed by atoms with E-state index in [1.807, 2.05) is 5.32 Å². The second kappa shape index (κ2) is 6.99. The van der Waals surface area contributed by atoms with E-state index in [4.69, 9.17) is 0 Å². The second-order valence-electron chi connectivity index (χ2n) is 6.49. The van der Waals surface area contributed by atoms with E-state index in [1.165, 1.54) is 45.0 Å². The number of anilines is 2. The zero-order valence-electron chi connectivity index (χ0n) is 14.2. The fraction of sp³-hybridized carbons (Fsp3) is 0.235. The average Bonchev–Trinajstić information content (AvgIpc) is 2.50. The molecule has 26 heavy (non-hydrogen) atoms. The van der Waals surface area contributed by atoms with Crippen molar-refractivity contribution >= 4 is 27.3 Å². The minimum atomic E-state index is -3.63.